The van der Waals surface area contributed by atoms with E-state index in [9.17, 15) is 9.59 Å². The number of ether oxygens (including phenoxy) is 1. The number of nitrogens with zero attached hydrogens (tertiary/aromatic N) is 1. The van der Waals surface area contributed by atoms with Crippen molar-refractivity contribution in [1.82, 2.24) is 4.98 Å². The Morgan fingerprint density at radius 3 is 2.57 bits per heavy atom. The number of carbonyl (C=O) groups is 2. The van der Waals surface area contributed by atoms with Crippen molar-refractivity contribution in [2.45, 2.75) is 26.7 Å². The monoisotopic (exact) mass is 315 g/mol. The molecule has 1 aromatic rings. The van der Waals surface area contributed by atoms with Crippen LogP contribution in [-0.4, -0.2) is 23.9 Å². The zero-order chi connectivity index (χ0) is 17.0. The molecule has 1 aliphatic carbocycles. The summed E-state index contributed by atoms with van der Waals surface area (Å²) in [6.45, 7) is 4.09. The van der Waals surface area contributed by atoms with Gasteiger partial charge < -0.3 is 15.8 Å². The minimum absolute atomic E-state index is 0.0239. The van der Waals surface area contributed by atoms with E-state index in [0.29, 0.717) is 5.57 Å². The number of nitrogens with two attached hydrogens (primary N) is 1. The number of hydrogen-bond donors (Lipinski definition) is 2. The third-order valence-electron chi connectivity index (χ3n) is 3.62. The molecular weight excluding hydrogens is 294 g/mol. The molecule has 0 fully saturated rings. The number of carbonyl (C=O) groups excluding carboxylic acids is 2. The van der Waals surface area contributed by atoms with Crippen molar-refractivity contribution in [3.63, 3.8) is 0 Å². The molecule has 0 atom stereocenters. The molecule has 0 saturated carbocycles. The van der Waals surface area contributed by atoms with Gasteiger partial charge in [-0.2, -0.15) is 0 Å². The van der Waals surface area contributed by atoms with Crippen LogP contribution >= 0.6 is 0 Å². The Balaban J connectivity index is 2.28. The first-order chi connectivity index (χ1) is 10.9. The molecule has 2 amide bonds. The first-order valence-corrected chi connectivity index (χ1v) is 7.50. The van der Waals surface area contributed by atoms with Crippen molar-refractivity contribution in [2.75, 3.05) is 12.4 Å². The maximum absolute atomic E-state index is 12.6. The Hall–Kier alpha value is -2.63. The lowest BCUT2D eigenvalue weighted by Crippen LogP contribution is -2.23. The van der Waals surface area contributed by atoms with Crippen LogP contribution in [0, 0.1) is 5.92 Å². The molecule has 0 aliphatic heterocycles. The van der Waals surface area contributed by atoms with Crippen LogP contribution in [0.4, 0.5) is 5.69 Å². The second-order valence-corrected chi connectivity index (χ2v) is 5.58. The van der Waals surface area contributed by atoms with Gasteiger partial charge >= 0.3 is 0 Å². The normalized spacial score (nSPS) is 14.1. The number of anilines is 1. The summed E-state index contributed by atoms with van der Waals surface area (Å²) in [5.41, 5.74) is 7.23. The molecule has 0 radical (unpaired) electrons. The molecule has 0 unspecified atom stereocenters. The highest BCUT2D eigenvalue weighted by molar-refractivity contribution is 6.10. The molecule has 23 heavy (non-hydrogen) atoms. The standard InChI is InChI=1S/C17H21N3O3/c1-10(2)11-6-4-5-7-12(11)17(22)19-13-8-9-14(23-3)20-15(13)16(18)21/h6-10H,4-5H2,1-3H3,(H2,18,21)(H,19,22). The van der Waals surface area contributed by atoms with Gasteiger partial charge in [-0.05, 0) is 30.4 Å². The zero-order valence-corrected chi connectivity index (χ0v) is 13.6. The van der Waals surface area contributed by atoms with E-state index in [1.165, 1.54) is 7.11 Å². The van der Waals surface area contributed by atoms with Gasteiger partial charge in [-0.25, -0.2) is 4.98 Å². The van der Waals surface area contributed by atoms with Gasteiger partial charge in [0.2, 0.25) is 5.88 Å². The number of allylic oxidation sites excluding steroid dienone is 2. The molecule has 6 heteroatoms. The fraction of sp³-hybridized carbons (Fsp3) is 0.353. The maximum atomic E-state index is 12.6. The van der Waals surface area contributed by atoms with Crippen LogP contribution in [0.15, 0.2) is 35.4 Å². The Labute approximate surface area is 135 Å². The number of primary amides is 1. The lowest BCUT2D eigenvalue weighted by Gasteiger charge is -2.19. The van der Waals surface area contributed by atoms with E-state index >= 15 is 0 Å². The third-order valence-corrected chi connectivity index (χ3v) is 3.62. The molecule has 1 aliphatic rings. The van der Waals surface area contributed by atoms with Gasteiger partial charge in [-0.1, -0.05) is 26.0 Å². The molecule has 0 spiro atoms. The molecule has 0 saturated heterocycles. The van der Waals surface area contributed by atoms with Crippen molar-refractivity contribution in [3.8, 4) is 5.88 Å². The van der Waals surface area contributed by atoms with Crippen molar-refractivity contribution in [3.05, 3.63) is 41.1 Å². The summed E-state index contributed by atoms with van der Waals surface area (Å²) >= 11 is 0. The predicted molar refractivity (Wildman–Crippen MR) is 88.2 cm³/mol. The van der Waals surface area contributed by atoms with E-state index in [-0.39, 0.29) is 29.1 Å². The highest BCUT2D eigenvalue weighted by atomic mass is 16.5. The van der Waals surface area contributed by atoms with Gasteiger partial charge in [0.1, 0.15) is 0 Å². The number of nitrogens with one attached hydrogen (secondary N) is 1. The highest BCUT2D eigenvalue weighted by Gasteiger charge is 2.21. The molecule has 122 valence electrons. The number of rotatable bonds is 5. The second-order valence-electron chi connectivity index (χ2n) is 5.58. The van der Waals surface area contributed by atoms with Gasteiger partial charge in [0.25, 0.3) is 11.8 Å². The summed E-state index contributed by atoms with van der Waals surface area (Å²) in [6, 6.07) is 3.13. The van der Waals surface area contributed by atoms with E-state index in [0.717, 1.165) is 18.4 Å². The van der Waals surface area contributed by atoms with Crippen LogP contribution in [0.2, 0.25) is 0 Å². The lowest BCUT2D eigenvalue weighted by molar-refractivity contribution is -0.112. The summed E-state index contributed by atoms with van der Waals surface area (Å²) in [7, 11) is 1.44. The molecule has 2 rings (SSSR count). The minimum Gasteiger partial charge on any atom is -0.481 e. The quantitative estimate of drug-likeness (QED) is 0.872. The average molecular weight is 315 g/mol. The number of hydrogen-bond acceptors (Lipinski definition) is 4. The molecule has 0 aromatic carbocycles. The van der Waals surface area contributed by atoms with Gasteiger partial charge in [0.05, 0.1) is 12.8 Å². The van der Waals surface area contributed by atoms with Gasteiger partial charge in [0, 0.05) is 11.6 Å². The third kappa shape index (κ3) is 3.77. The van der Waals surface area contributed by atoms with Crippen molar-refractivity contribution in [1.29, 1.82) is 0 Å². The van der Waals surface area contributed by atoms with Crippen LogP contribution in [-0.2, 0) is 4.79 Å². The smallest absolute Gasteiger partial charge is 0.269 e. The second kappa shape index (κ2) is 7.09. The SMILES string of the molecule is COc1ccc(NC(=O)C2=CCCC=C2C(C)C)c(C(N)=O)n1. The van der Waals surface area contributed by atoms with E-state index in [4.69, 9.17) is 10.5 Å². The molecule has 0 bridgehead atoms. The van der Waals surface area contributed by atoms with Gasteiger partial charge in [0.15, 0.2) is 5.69 Å². The first kappa shape index (κ1) is 16.7. The molecule has 1 aromatic heterocycles. The van der Waals surface area contributed by atoms with Crippen LogP contribution in [0.3, 0.4) is 0 Å². The molecular formula is C17H21N3O3. The molecule has 1 heterocycles. The fourth-order valence-corrected chi connectivity index (χ4v) is 2.50. The molecule has 3 N–H and O–H groups in total. The zero-order valence-electron chi connectivity index (χ0n) is 13.6. The predicted octanol–water partition coefficient (Wildman–Crippen LogP) is 2.43. The van der Waals surface area contributed by atoms with Crippen molar-refractivity contribution >= 4 is 17.5 Å². The Kier molecular flexibility index (Phi) is 5.16. The minimum atomic E-state index is -0.726. The van der Waals surface area contributed by atoms with E-state index in [1.807, 2.05) is 19.9 Å². The van der Waals surface area contributed by atoms with E-state index < -0.39 is 5.91 Å². The fourth-order valence-electron chi connectivity index (χ4n) is 2.50. The van der Waals surface area contributed by atoms with Crippen molar-refractivity contribution in [2.24, 2.45) is 11.7 Å². The topological polar surface area (TPSA) is 94.3 Å². The van der Waals surface area contributed by atoms with Gasteiger partial charge in [-0.3, -0.25) is 9.59 Å². The number of pyridine rings is 1. The van der Waals surface area contributed by atoms with Crippen LogP contribution in [0.1, 0.15) is 37.2 Å². The maximum Gasteiger partial charge on any atom is 0.269 e. The largest absolute Gasteiger partial charge is 0.481 e. The average Bonchev–Trinajstić information content (AvgIpc) is 2.54. The Morgan fingerprint density at radius 1 is 1.26 bits per heavy atom. The summed E-state index contributed by atoms with van der Waals surface area (Å²) in [4.78, 5) is 28.1. The Morgan fingerprint density at radius 2 is 1.96 bits per heavy atom. The Bertz CT molecular complexity index is 690. The van der Waals surface area contributed by atoms with Crippen LogP contribution < -0.4 is 15.8 Å². The highest BCUT2D eigenvalue weighted by Crippen LogP contribution is 2.27. The summed E-state index contributed by atoms with van der Waals surface area (Å²) in [5.74, 6) is -0.482. The van der Waals surface area contributed by atoms with E-state index in [1.54, 1.807) is 12.1 Å². The van der Waals surface area contributed by atoms with Gasteiger partial charge in [-0.15, -0.1) is 0 Å². The van der Waals surface area contributed by atoms with E-state index in [2.05, 4.69) is 16.4 Å². The summed E-state index contributed by atoms with van der Waals surface area (Å²) in [5, 5.41) is 2.73. The molecule has 6 nitrogen and oxygen atoms in total. The summed E-state index contributed by atoms with van der Waals surface area (Å²) in [6.07, 6.45) is 5.76. The number of aromatic nitrogens is 1. The number of methoxy groups -OCH3 is 1. The first-order valence-electron chi connectivity index (χ1n) is 7.50. The van der Waals surface area contributed by atoms with Crippen LogP contribution in [0.25, 0.3) is 0 Å². The lowest BCUT2D eigenvalue weighted by atomic mass is 9.89. The van der Waals surface area contributed by atoms with Crippen LogP contribution in [0.5, 0.6) is 5.88 Å². The number of amides is 2. The summed E-state index contributed by atoms with van der Waals surface area (Å²) < 4.78 is 4.98. The van der Waals surface area contributed by atoms with Crippen molar-refractivity contribution < 1.29 is 14.3 Å².